The number of carbonyl (C=O) groups excluding carboxylic acids is 1. The predicted octanol–water partition coefficient (Wildman–Crippen LogP) is 3.78. The number of aromatic nitrogens is 2. The lowest BCUT2D eigenvalue weighted by Crippen LogP contribution is -2.14. The Morgan fingerprint density at radius 3 is 3.05 bits per heavy atom. The summed E-state index contributed by atoms with van der Waals surface area (Å²) in [6, 6.07) is 5.92. The molecule has 1 aromatic heterocycles. The standard InChI is InChI=1S/C14H15IN4OS2/c1-3-6-16-13-18-19-14(22-13)21-8-12(20)17-11-5-4-10(15)7-9(11)2/h3-5,7H,1,6,8H2,2H3,(H,16,18)(H,17,20). The van der Waals surface area contributed by atoms with Crippen LogP contribution in [0.25, 0.3) is 0 Å². The molecule has 2 N–H and O–H groups in total. The topological polar surface area (TPSA) is 66.9 Å². The largest absolute Gasteiger partial charge is 0.357 e. The van der Waals surface area contributed by atoms with Gasteiger partial charge >= 0.3 is 0 Å². The molecule has 5 nitrogen and oxygen atoms in total. The monoisotopic (exact) mass is 446 g/mol. The van der Waals surface area contributed by atoms with E-state index in [-0.39, 0.29) is 5.91 Å². The predicted molar refractivity (Wildman–Crippen MR) is 102 cm³/mol. The highest BCUT2D eigenvalue weighted by Crippen LogP contribution is 2.25. The summed E-state index contributed by atoms with van der Waals surface area (Å²) in [7, 11) is 0. The van der Waals surface area contributed by atoms with E-state index in [2.05, 4.69) is 50.0 Å². The van der Waals surface area contributed by atoms with Crippen LogP contribution >= 0.6 is 45.7 Å². The molecule has 2 rings (SSSR count). The number of benzene rings is 1. The second-order valence-corrected chi connectivity index (χ2v) is 7.78. The lowest BCUT2D eigenvalue weighted by molar-refractivity contribution is -0.113. The molecule has 0 saturated heterocycles. The fourth-order valence-electron chi connectivity index (χ4n) is 1.58. The van der Waals surface area contributed by atoms with Crippen molar-refractivity contribution in [3.63, 3.8) is 0 Å². The van der Waals surface area contributed by atoms with E-state index < -0.39 is 0 Å². The van der Waals surface area contributed by atoms with Crippen molar-refractivity contribution in [2.45, 2.75) is 11.3 Å². The third-order valence-corrected chi connectivity index (χ3v) is 5.28. The van der Waals surface area contributed by atoms with Gasteiger partial charge in [0.1, 0.15) is 0 Å². The molecule has 0 radical (unpaired) electrons. The molecule has 116 valence electrons. The Bertz CT molecular complexity index is 675. The first kappa shape index (κ1) is 17.2. The van der Waals surface area contributed by atoms with E-state index in [0.717, 1.165) is 24.3 Å². The summed E-state index contributed by atoms with van der Waals surface area (Å²) < 4.78 is 1.91. The number of halogens is 1. The number of nitrogens with one attached hydrogen (secondary N) is 2. The molecule has 1 heterocycles. The summed E-state index contributed by atoms with van der Waals surface area (Å²) in [5.74, 6) is 0.256. The third-order valence-electron chi connectivity index (χ3n) is 2.59. The van der Waals surface area contributed by atoms with E-state index in [1.54, 1.807) is 6.08 Å². The van der Waals surface area contributed by atoms with Crippen LogP contribution in [0.4, 0.5) is 10.8 Å². The van der Waals surface area contributed by atoms with Gasteiger partial charge in [-0.2, -0.15) is 0 Å². The Kier molecular flexibility index (Phi) is 6.65. The van der Waals surface area contributed by atoms with Gasteiger partial charge in [-0.15, -0.1) is 16.8 Å². The number of hydrogen-bond acceptors (Lipinski definition) is 6. The Morgan fingerprint density at radius 1 is 1.50 bits per heavy atom. The van der Waals surface area contributed by atoms with Gasteiger partial charge in [0.2, 0.25) is 11.0 Å². The first-order valence-electron chi connectivity index (χ1n) is 6.45. The SMILES string of the molecule is C=CCNc1nnc(SCC(=O)Nc2ccc(I)cc2C)s1. The van der Waals surface area contributed by atoms with Crippen LogP contribution in [-0.4, -0.2) is 28.4 Å². The van der Waals surface area contributed by atoms with Crippen molar-refractivity contribution in [3.05, 3.63) is 40.0 Å². The normalized spacial score (nSPS) is 10.3. The van der Waals surface area contributed by atoms with Crippen molar-refractivity contribution in [1.82, 2.24) is 10.2 Å². The molecule has 2 aromatic rings. The smallest absolute Gasteiger partial charge is 0.234 e. The molecule has 0 saturated carbocycles. The van der Waals surface area contributed by atoms with E-state index in [4.69, 9.17) is 0 Å². The minimum atomic E-state index is -0.0508. The van der Waals surface area contributed by atoms with Gasteiger partial charge in [-0.3, -0.25) is 4.79 Å². The Labute approximate surface area is 151 Å². The maximum Gasteiger partial charge on any atom is 0.234 e. The summed E-state index contributed by atoms with van der Waals surface area (Å²) in [4.78, 5) is 12.0. The number of nitrogens with zero attached hydrogens (tertiary/aromatic N) is 2. The minimum absolute atomic E-state index is 0.0508. The van der Waals surface area contributed by atoms with Crippen molar-refractivity contribution < 1.29 is 4.79 Å². The van der Waals surface area contributed by atoms with Crippen LogP contribution < -0.4 is 10.6 Å². The minimum Gasteiger partial charge on any atom is -0.357 e. The molecule has 0 aliphatic heterocycles. The van der Waals surface area contributed by atoms with Gasteiger partial charge in [0.05, 0.1) is 5.75 Å². The van der Waals surface area contributed by atoms with Gasteiger partial charge < -0.3 is 10.6 Å². The number of aryl methyl sites for hydroxylation is 1. The van der Waals surface area contributed by atoms with E-state index in [1.807, 2.05) is 25.1 Å². The van der Waals surface area contributed by atoms with Gasteiger partial charge in [-0.25, -0.2) is 0 Å². The maximum atomic E-state index is 12.0. The first-order valence-corrected chi connectivity index (χ1v) is 9.33. The van der Waals surface area contributed by atoms with Crippen LogP contribution in [0.3, 0.4) is 0 Å². The Hall–Kier alpha value is -1.13. The zero-order chi connectivity index (χ0) is 15.9. The molecule has 22 heavy (non-hydrogen) atoms. The van der Waals surface area contributed by atoms with Gasteiger partial charge in [0.15, 0.2) is 4.34 Å². The van der Waals surface area contributed by atoms with Crippen LogP contribution in [0.1, 0.15) is 5.56 Å². The lowest BCUT2D eigenvalue weighted by atomic mass is 10.2. The van der Waals surface area contributed by atoms with Gasteiger partial charge in [-0.05, 0) is 53.3 Å². The van der Waals surface area contributed by atoms with E-state index in [1.165, 1.54) is 23.1 Å². The summed E-state index contributed by atoms with van der Waals surface area (Å²) in [5, 5.41) is 14.7. The molecule has 8 heteroatoms. The van der Waals surface area contributed by atoms with Crippen molar-refractivity contribution in [2.24, 2.45) is 0 Å². The van der Waals surface area contributed by atoms with Crippen molar-refractivity contribution >= 4 is 62.4 Å². The Morgan fingerprint density at radius 2 is 2.32 bits per heavy atom. The quantitative estimate of drug-likeness (QED) is 0.385. The molecule has 1 aromatic carbocycles. The molecule has 0 spiro atoms. The fourth-order valence-corrected chi connectivity index (χ4v) is 3.79. The molecular formula is C14H15IN4OS2. The van der Waals surface area contributed by atoms with Crippen molar-refractivity contribution in [1.29, 1.82) is 0 Å². The number of amides is 1. The van der Waals surface area contributed by atoms with E-state index in [0.29, 0.717) is 12.3 Å². The molecule has 0 atom stereocenters. The number of thioether (sulfide) groups is 1. The average molecular weight is 446 g/mol. The second kappa shape index (κ2) is 8.49. The highest BCUT2D eigenvalue weighted by atomic mass is 127. The highest BCUT2D eigenvalue weighted by molar-refractivity contribution is 14.1. The molecule has 0 aliphatic rings. The maximum absolute atomic E-state index is 12.0. The molecule has 1 amide bonds. The van der Waals surface area contributed by atoms with Crippen molar-refractivity contribution in [3.8, 4) is 0 Å². The second-order valence-electron chi connectivity index (χ2n) is 4.34. The van der Waals surface area contributed by atoms with E-state index in [9.17, 15) is 4.79 Å². The molecule has 0 unspecified atom stereocenters. The lowest BCUT2D eigenvalue weighted by Gasteiger charge is -2.07. The number of anilines is 2. The molecule has 0 bridgehead atoms. The summed E-state index contributed by atoms with van der Waals surface area (Å²) in [5.41, 5.74) is 1.90. The van der Waals surface area contributed by atoms with Crippen LogP contribution in [0, 0.1) is 10.5 Å². The molecule has 0 aliphatic carbocycles. The number of rotatable bonds is 7. The highest BCUT2D eigenvalue weighted by Gasteiger charge is 2.09. The van der Waals surface area contributed by atoms with Crippen molar-refractivity contribution in [2.75, 3.05) is 22.9 Å². The summed E-state index contributed by atoms with van der Waals surface area (Å²) in [6.45, 7) is 6.25. The number of hydrogen-bond donors (Lipinski definition) is 2. The van der Waals surface area contributed by atoms with Gasteiger partial charge in [0.25, 0.3) is 0 Å². The summed E-state index contributed by atoms with van der Waals surface area (Å²) in [6.07, 6.45) is 1.75. The van der Waals surface area contributed by atoms with Crippen LogP contribution in [0.2, 0.25) is 0 Å². The average Bonchev–Trinajstić information content (AvgIpc) is 2.94. The van der Waals surface area contributed by atoms with E-state index >= 15 is 0 Å². The van der Waals surface area contributed by atoms with Crippen LogP contribution in [0.5, 0.6) is 0 Å². The van der Waals surface area contributed by atoms with Gasteiger partial charge in [-0.1, -0.05) is 29.2 Å². The van der Waals surface area contributed by atoms with Crippen LogP contribution in [-0.2, 0) is 4.79 Å². The molecule has 0 fully saturated rings. The number of carbonyl (C=O) groups is 1. The van der Waals surface area contributed by atoms with Crippen LogP contribution in [0.15, 0.2) is 35.2 Å². The third kappa shape index (κ3) is 5.25. The fraction of sp³-hybridized carbons (Fsp3) is 0.214. The zero-order valence-electron chi connectivity index (χ0n) is 11.9. The first-order chi connectivity index (χ1) is 10.6. The summed E-state index contributed by atoms with van der Waals surface area (Å²) >= 11 is 5.05. The Balaban J connectivity index is 1.84. The zero-order valence-corrected chi connectivity index (χ0v) is 15.7. The van der Waals surface area contributed by atoms with Gasteiger partial charge in [0, 0.05) is 15.8 Å². The molecular weight excluding hydrogens is 431 g/mol.